The van der Waals surface area contributed by atoms with E-state index in [1.807, 2.05) is 25.1 Å². The first-order valence-electron chi connectivity index (χ1n) is 9.95. The van der Waals surface area contributed by atoms with Crippen LogP contribution in [0.1, 0.15) is 40.2 Å². The van der Waals surface area contributed by atoms with E-state index >= 15 is 0 Å². The summed E-state index contributed by atoms with van der Waals surface area (Å²) >= 11 is 0. The van der Waals surface area contributed by atoms with E-state index in [1.165, 1.54) is 0 Å². The van der Waals surface area contributed by atoms with Crippen LogP contribution < -0.4 is 14.8 Å². The zero-order valence-corrected chi connectivity index (χ0v) is 19.5. The lowest BCUT2D eigenvalue weighted by Crippen LogP contribution is -2.57. The number of hydrogen-bond donors (Lipinski definition) is 1. The Labute approximate surface area is 175 Å². The third-order valence-electron chi connectivity index (χ3n) is 5.47. The second kappa shape index (κ2) is 8.81. The Morgan fingerprint density at radius 3 is 2.45 bits per heavy atom. The van der Waals surface area contributed by atoms with Gasteiger partial charge in [0.15, 0.2) is 27.3 Å². The maximum Gasteiger partial charge on any atom is 0.194 e. The van der Waals surface area contributed by atoms with E-state index in [9.17, 15) is 8.42 Å². The minimum absolute atomic E-state index is 0.142. The van der Waals surface area contributed by atoms with E-state index < -0.39 is 14.6 Å². The number of nitrogens with one attached hydrogen (secondary N) is 1. The number of ether oxygens (including phenoxy) is 2. The monoisotopic (exact) mass is 425 g/mol. The summed E-state index contributed by atoms with van der Waals surface area (Å²) < 4.78 is 34.6. The van der Waals surface area contributed by atoms with Crippen molar-refractivity contribution in [3.63, 3.8) is 0 Å². The normalized spacial score (nSPS) is 19.0. The summed E-state index contributed by atoms with van der Waals surface area (Å²) in [4.78, 5) is 6.91. The minimum Gasteiger partial charge on any atom is -0.493 e. The number of hydrogen-bond acceptors (Lipinski definition) is 5. The largest absolute Gasteiger partial charge is 0.493 e. The predicted molar refractivity (Wildman–Crippen MR) is 118 cm³/mol. The van der Waals surface area contributed by atoms with Gasteiger partial charge in [-0.2, -0.15) is 0 Å². The zero-order chi connectivity index (χ0) is 21.9. The lowest BCUT2D eigenvalue weighted by Gasteiger charge is -2.39. The molecule has 1 aliphatic rings. The first-order chi connectivity index (χ1) is 13.5. The Hall–Kier alpha value is -1.96. The van der Waals surface area contributed by atoms with E-state index in [1.54, 1.807) is 28.1 Å². The molecule has 0 saturated carbocycles. The Kier molecular flexibility index (Phi) is 7.09. The number of nitrogens with zero attached hydrogens (tertiary/aromatic N) is 2. The summed E-state index contributed by atoms with van der Waals surface area (Å²) in [5.74, 6) is 2.28. The lowest BCUT2D eigenvalue weighted by molar-refractivity contribution is 0.350. The highest BCUT2D eigenvalue weighted by Gasteiger charge is 2.41. The van der Waals surface area contributed by atoms with Gasteiger partial charge in [0, 0.05) is 25.0 Å². The van der Waals surface area contributed by atoms with Crippen LogP contribution in [0.3, 0.4) is 0 Å². The van der Waals surface area contributed by atoms with Gasteiger partial charge in [-0.25, -0.2) is 8.42 Å². The first kappa shape index (κ1) is 23.3. The van der Waals surface area contributed by atoms with E-state index in [2.05, 4.69) is 24.1 Å². The van der Waals surface area contributed by atoms with E-state index in [0.717, 1.165) is 18.1 Å². The molecule has 0 amide bonds. The van der Waals surface area contributed by atoms with Crippen LogP contribution in [-0.4, -0.2) is 70.2 Å². The molecule has 0 atom stereocenters. The van der Waals surface area contributed by atoms with Crippen molar-refractivity contribution in [2.24, 2.45) is 4.99 Å². The Morgan fingerprint density at radius 2 is 1.90 bits per heavy atom. The molecule has 1 N–H and O–H groups in total. The van der Waals surface area contributed by atoms with Crippen molar-refractivity contribution in [1.29, 1.82) is 0 Å². The molecule has 7 nitrogen and oxygen atoms in total. The number of rotatable bonds is 6. The van der Waals surface area contributed by atoms with Gasteiger partial charge in [0.05, 0.1) is 31.3 Å². The summed E-state index contributed by atoms with van der Waals surface area (Å²) in [6.45, 7) is 12.0. The standard InChI is InChI=1S/C21H35N3O4S/c1-8-22-19(24-11-12-29(25,26)21(4,5)15-24)23-14-20(2,3)16-9-10-17(27-6)18(13-16)28-7/h9-10,13H,8,11-12,14-15H2,1-7H3,(H,22,23). The van der Waals surface area contributed by atoms with Crippen LogP contribution in [0.2, 0.25) is 0 Å². The summed E-state index contributed by atoms with van der Waals surface area (Å²) in [5.41, 5.74) is 0.855. The number of aliphatic imine (C=N–C) groups is 1. The van der Waals surface area contributed by atoms with Crippen LogP contribution in [0.15, 0.2) is 23.2 Å². The molecule has 1 heterocycles. The molecule has 0 radical (unpaired) electrons. The average molecular weight is 426 g/mol. The Balaban J connectivity index is 2.25. The van der Waals surface area contributed by atoms with Gasteiger partial charge in [0.25, 0.3) is 0 Å². The molecule has 164 valence electrons. The van der Waals surface area contributed by atoms with Gasteiger partial charge in [0.1, 0.15) is 0 Å². The van der Waals surface area contributed by atoms with Gasteiger partial charge in [-0.1, -0.05) is 19.9 Å². The van der Waals surface area contributed by atoms with Gasteiger partial charge < -0.3 is 19.7 Å². The van der Waals surface area contributed by atoms with Gasteiger partial charge in [0.2, 0.25) is 0 Å². The van der Waals surface area contributed by atoms with Crippen LogP contribution in [0.5, 0.6) is 11.5 Å². The first-order valence-corrected chi connectivity index (χ1v) is 11.6. The minimum atomic E-state index is -3.09. The molecule has 29 heavy (non-hydrogen) atoms. The van der Waals surface area contributed by atoms with Gasteiger partial charge >= 0.3 is 0 Å². The lowest BCUT2D eigenvalue weighted by atomic mass is 9.84. The molecule has 0 aliphatic carbocycles. The van der Waals surface area contributed by atoms with E-state index in [-0.39, 0.29) is 11.2 Å². The number of benzene rings is 1. The van der Waals surface area contributed by atoms with Crippen LogP contribution in [0.25, 0.3) is 0 Å². The second-order valence-electron chi connectivity index (χ2n) is 8.62. The van der Waals surface area contributed by atoms with Crippen molar-refractivity contribution in [3.8, 4) is 11.5 Å². The molecular weight excluding hydrogens is 390 g/mol. The fraction of sp³-hybridized carbons (Fsp3) is 0.667. The quantitative estimate of drug-likeness (QED) is 0.557. The average Bonchev–Trinajstić information content (AvgIpc) is 2.66. The predicted octanol–water partition coefficient (Wildman–Crippen LogP) is 2.46. The highest BCUT2D eigenvalue weighted by atomic mass is 32.2. The molecule has 8 heteroatoms. The number of guanidine groups is 1. The summed E-state index contributed by atoms with van der Waals surface area (Å²) in [5, 5.41) is 3.32. The highest BCUT2D eigenvalue weighted by Crippen LogP contribution is 2.33. The van der Waals surface area contributed by atoms with Gasteiger partial charge in [-0.3, -0.25) is 4.99 Å². The second-order valence-corrected chi connectivity index (χ2v) is 11.4. The molecule has 0 unspecified atom stereocenters. The van der Waals surface area contributed by atoms with Crippen LogP contribution >= 0.6 is 0 Å². The topological polar surface area (TPSA) is 80.2 Å². The molecule has 1 fully saturated rings. The maximum absolute atomic E-state index is 12.3. The molecule has 1 saturated heterocycles. The Morgan fingerprint density at radius 1 is 1.24 bits per heavy atom. The van der Waals surface area contributed by atoms with Crippen LogP contribution in [0, 0.1) is 0 Å². The number of sulfone groups is 1. The van der Waals surface area contributed by atoms with Crippen molar-refractivity contribution < 1.29 is 17.9 Å². The summed E-state index contributed by atoms with van der Waals surface area (Å²) in [6.07, 6.45) is 0. The van der Waals surface area contributed by atoms with Crippen molar-refractivity contribution >= 4 is 15.8 Å². The third kappa shape index (κ3) is 5.15. The summed E-state index contributed by atoms with van der Waals surface area (Å²) in [7, 11) is 0.155. The summed E-state index contributed by atoms with van der Waals surface area (Å²) in [6, 6.07) is 5.92. The number of methoxy groups -OCH3 is 2. The Bertz CT molecular complexity index is 847. The van der Waals surface area contributed by atoms with Gasteiger partial charge in [-0.15, -0.1) is 0 Å². The fourth-order valence-electron chi connectivity index (χ4n) is 3.37. The smallest absolute Gasteiger partial charge is 0.194 e. The van der Waals surface area contributed by atoms with Crippen LogP contribution in [0.4, 0.5) is 0 Å². The van der Waals surface area contributed by atoms with Crippen LogP contribution in [-0.2, 0) is 15.3 Å². The third-order valence-corrected chi connectivity index (χ3v) is 8.00. The molecular formula is C21H35N3O4S. The van der Waals surface area contributed by atoms with Gasteiger partial charge in [-0.05, 0) is 38.5 Å². The molecule has 1 aliphatic heterocycles. The molecule has 0 aromatic heterocycles. The van der Waals surface area contributed by atoms with E-state index in [0.29, 0.717) is 31.1 Å². The van der Waals surface area contributed by atoms with Crippen molar-refractivity contribution in [2.75, 3.05) is 46.2 Å². The zero-order valence-electron chi connectivity index (χ0n) is 18.7. The molecule has 0 spiro atoms. The highest BCUT2D eigenvalue weighted by molar-refractivity contribution is 7.92. The molecule has 0 bridgehead atoms. The molecule has 1 aromatic carbocycles. The maximum atomic E-state index is 12.3. The van der Waals surface area contributed by atoms with Crippen molar-refractivity contribution in [2.45, 2.75) is 44.8 Å². The molecule has 2 rings (SSSR count). The van der Waals surface area contributed by atoms with Crippen molar-refractivity contribution in [1.82, 2.24) is 10.2 Å². The fourth-order valence-corrected chi connectivity index (χ4v) is 4.74. The van der Waals surface area contributed by atoms with E-state index in [4.69, 9.17) is 14.5 Å². The van der Waals surface area contributed by atoms with Crippen molar-refractivity contribution in [3.05, 3.63) is 23.8 Å². The SMILES string of the molecule is CCNC(=NCC(C)(C)c1ccc(OC)c(OC)c1)N1CCS(=O)(=O)C(C)(C)C1. The molecule has 1 aromatic rings.